The highest BCUT2D eigenvalue weighted by Crippen LogP contribution is 2.27. The zero-order valence-electron chi connectivity index (χ0n) is 20.0. The molecule has 0 fully saturated rings. The number of benzene rings is 3. The molecule has 1 heterocycles. The molecule has 0 aliphatic heterocycles. The number of thiazole rings is 1. The van der Waals surface area contributed by atoms with Gasteiger partial charge in [0.05, 0.1) is 20.8 Å². The number of hydrogen-bond acceptors (Lipinski definition) is 5. The number of sulfonamides is 1. The van der Waals surface area contributed by atoms with Crippen LogP contribution in [0.5, 0.6) is 0 Å². The fourth-order valence-electron chi connectivity index (χ4n) is 3.81. The van der Waals surface area contributed by atoms with Crippen LogP contribution in [-0.2, 0) is 21.4 Å². The summed E-state index contributed by atoms with van der Waals surface area (Å²) in [5.41, 5.74) is 4.61. The first kappa shape index (κ1) is 24.7. The SMILES string of the molecule is CCn1c(=O)sc2cc(NC(=O)CN(c3ccc(C)c(C)c3)S(=O)(=O)c3ccc(C)cc3)ccc21. The van der Waals surface area contributed by atoms with E-state index in [1.807, 2.05) is 33.8 Å². The van der Waals surface area contributed by atoms with E-state index in [0.29, 0.717) is 17.9 Å². The van der Waals surface area contributed by atoms with Crippen molar-refractivity contribution in [3.63, 3.8) is 0 Å². The zero-order chi connectivity index (χ0) is 25.3. The Morgan fingerprint density at radius 3 is 2.34 bits per heavy atom. The Balaban J connectivity index is 1.66. The van der Waals surface area contributed by atoms with Crippen molar-refractivity contribution < 1.29 is 13.2 Å². The number of nitrogens with zero attached hydrogens (tertiary/aromatic N) is 2. The van der Waals surface area contributed by atoms with Crippen LogP contribution in [0.25, 0.3) is 10.2 Å². The van der Waals surface area contributed by atoms with Crippen molar-refractivity contribution in [2.24, 2.45) is 0 Å². The fraction of sp³-hybridized carbons (Fsp3) is 0.231. The highest BCUT2D eigenvalue weighted by Gasteiger charge is 2.27. The van der Waals surface area contributed by atoms with Gasteiger partial charge in [0.15, 0.2) is 0 Å². The molecule has 9 heteroatoms. The summed E-state index contributed by atoms with van der Waals surface area (Å²) in [5, 5.41) is 2.79. The van der Waals surface area contributed by atoms with Crippen molar-refractivity contribution in [3.8, 4) is 0 Å². The number of hydrogen-bond donors (Lipinski definition) is 1. The predicted molar refractivity (Wildman–Crippen MR) is 142 cm³/mol. The lowest BCUT2D eigenvalue weighted by atomic mass is 10.1. The van der Waals surface area contributed by atoms with Gasteiger partial charge >= 0.3 is 4.87 Å². The molecule has 3 aromatic carbocycles. The first-order chi connectivity index (χ1) is 16.6. The van der Waals surface area contributed by atoms with Crippen LogP contribution in [0.2, 0.25) is 0 Å². The lowest BCUT2D eigenvalue weighted by molar-refractivity contribution is -0.114. The zero-order valence-corrected chi connectivity index (χ0v) is 21.7. The van der Waals surface area contributed by atoms with Gasteiger partial charge in [-0.05, 0) is 81.3 Å². The van der Waals surface area contributed by atoms with Crippen LogP contribution >= 0.6 is 11.3 Å². The van der Waals surface area contributed by atoms with Gasteiger partial charge in [-0.2, -0.15) is 0 Å². The molecule has 1 N–H and O–H groups in total. The van der Waals surface area contributed by atoms with Crippen LogP contribution in [0.1, 0.15) is 23.6 Å². The van der Waals surface area contributed by atoms with Gasteiger partial charge in [-0.15, -0.1) is 0 Å². The minimum atomic E-state index is -4.00. The third-order valence-electron chi connectivity index (χ3n) is 5.94. The van der Waals surface area contributed by atoms with E-state index >= 15 is 0 Å². The number of aromatic nitrogens is 1. The molecule has 0 radical (unpaired) electrons. The molecular weight excluding hydrogens is 482 g/mol. The summed E-state index contributed by atoms with van der Waals surface area (Å²) in [7, 11) is -4.00. The molecule has 0 saturated carbocycles. The average molecular weight is 510 g/mol. The summed E-state index contributed by atoms with van der Waals surface area (Å²) < 4.78 is 30.7. The minimum absolute atomic E-state index is 0.0592. The highest BCUT2D eigenvalue weighted by molar-refractivity contribution is 7.92. The molecule has 0 spiro atoms. The second kappa shape index (κ2) is 9.67. The molecule has 1 amide bonds. The smallest absolute Gasteiger partial charge is 0.308 e. The third-order valence-corrected chi connectivity index (χ3v) is 8.67. The summed E-state index contributed by atoms with van der Waals surface area (Å²) in [6, 6.07) is 17.1. The first-order valence-corrected chi connectivity index (χ1v) is 13.5. The van der Waals surface area contributed by atoms with E-state index in [0.717, 1.165) is 42.5 Å². The first-order valence-electron chi connectivity index (χ1n) is 11.2. The lowest BCUT2D eigenvalue weighted by Crippen LogP contribution is -2.38. The van der Waals surface area contributed by atoms with E-state index in [2.05, 4.69) is 5.32 Å². The van der Waals surface area contributed by atoms with Crippen molar-refractivity contribution in [1.29, 1.82) is 0 Å². The Labute approximate surface area is 208 Å². The van der Waals surface area contributed by atoms with Gasteiger partial charge in [0.2, 0.25) is 5.91 Å². The Bertz CT molecular complexity index is 1570. The summed E-state index contributed by atoms with van der Waals surface area (Å²) in [6.07, 6.45) is 0. The number of nitrogens with one attached hydrogen (secondary N) is 1. The normalized spacial score (nSPS) is 11.5. The molecule has 0 aliphatic carbocycles. The van der Waals surface area contributed by atoms with E-state index in [-0.39, 0.29) is 9.77 Å². The second-order valence-electron chi connectivity index (χ2n) is 8.44. The number of amides is 1. The molecule has 0 unspecified atom stereocenters. The Morgan fingerprint density at radius 2 is 1.69 bits per heavy atom. The monoisotopic (exact) mass is 509 g/mol. The molecule has 7 nitrogen and oxygen atoms in total. The molecular formula is C26H27N3O4S2. The fourth-order valence-corrected chi connectivity index (χ4v) is 6.22. The number of carbonyl (C=O) groups excluding carboxylic acids is 1. The van der Waals surface area contributed by atoms with Crippen LogP contribution < -0.4 is 14.5 Å². The predicted octanol–water partition coefficient (Wildman–Crippen LogP) is 4.84. The Kier molecular flexibility index (Phi) is 6.82. The van der Waals surface area contributed by atoms with Gasteiger partial charge in [0.25, 0.3) is 10.0 Å². The minimum Gasteiger partial charge on any atom is -0.324 e. The van der Waals surface area contributed by atoms with Gasteiger partial charge in [-0.25, -0.2) is 8.42 Å². The number of aryl methyl sites for hydroxylation is 4. The third kappa shape index (κ3) is 5.01. The number of anilines is 2. The molecule has 0 atom stereocenters. The molecule has 4 aromatic rings. The number of fused-ring (bicyclic) bond motifs is 1. The van der Waals surface area contributed by atoms with Crippen LogP contribution in [0, 0.1) is 20.8 Å². The van der Waals surface area contributed by atoms with Crippen LogP contribution in [0.15, 0.2) is 70.4 Å². The molecule has 182 valence electrons. The molecule has 0 saturated heterocycles. The maximum atomic E-state index is 13.6. The van der Waals surface area contributed by atoms with Crippen LogP contribution in [0.4, 0.5) is 11.4 Å². The van der Waals surface area contributed by atoms with Crippen molar-refractivity contribution in [2.45, 2.75) is 39.1 Å². The molecule has 0 aliphatic rings. The Morgan fingerprint density at radius 1 is 0.971 bits per heavy atom. The second-order valence-corrected chi connectivity index (χ2v) is 11.3. The van der Waals surface area contributed by atoms with Crippen molar-refractivity contribution in [3.05, 3.63) is 87.0 Å². The maximum Gasteiger partial charge on any atom is 0.308 e. The van der Waals surface area contributed by atoms with E-state index in [1.165, 1.54) is 0 Å². The van der Waals surface area contributed by atoms with E-state index in [4.69, 9.17) is 0 Å². The maximum absolute atomic E-state index is 13.6. The summed E-state index contributed by atoms with van der Waals surface area (Å²) in [6.45, 7) is 7.79. The number of carbonyl (C=O) groups is 1. The van der Waals surface area contributed by atoms with Gasteiger partial charge < -0.3 is 5.32 Å². The largest absolute Gasteiger partial charge is 0.324 e. The standard InChI is InChI=1S/C26H27N3O4S2/c1-5-28-23-13-9-20(15-24(23)34-26(28)31)27-25(30)16-29(21-10-8-18(3)19(4)14-21)35(32,33)22-11-6-17(2)7-12-22/h6-15H,5,16H2,1-4H3,(H,27,30). The average Bonchev–Trinajstić information content (AvgIpc) is 3.13. The van der Waals surface area contributed by atoms with Gasteiger partial charge in [0.1, 0.15) is 6.54 Å². The van der Waals surface area contributed by atoms with Crippen LogP contribution in [-0.4, -0.2) is 25.4 Å². The van der Waals surface area contributed by atoms with Crippen LogP contribution in [0.3, 0.4) is 0 Å². The summed E-state index contributed by atoms with van der Waals surface area (Å²) in [4.78, 5) is 25.3. The van der Waals surface area contributed by atoms with E-state index in [9.17, 15) is 18.0 Å². The van der Waals surface area contributed by atoms with E-state index in [1.54, 1.807) is 59.2 Å². The quantitative estimate of drug-likeness (QED) is 0.386. The van der Waals surface area contributed by atoms with Gasteiger partial charge in [-0.3, -0.25) is 18.5 Å². The molecule has 4 rings (SSSR count). The lowest BCUT2D eigenvalue weighted by Gasteiger charge is -2.25. The molecule has 35 heavy (non-hydrogen) atoms. The van der Waals surface area contributed by atoms with Gasteiger partial charge in [0, 0.05) is 12.2 Å². The van der Waals surface area contributed by atoms with Gasteiger partial charge in [-0.1, -0.05) is 35.1 Å². The van der Waals surface area contributed by atoms with Crippen molar-refractivity contribution >= 4 is 48.9 Å². The number of rotatable bonds is 7. The van der Waals surface area contributed by atoms with Crippen molar-refractivity contribution in [1.82, 2.24) is 4.57 Å². The highest BCUT2D eigenvalue weighted by atomic mass is 32.2. The Hall–Kier alpha value is -3.43. The van der Waals surface area contributed by atoms with Crippen molar-refractivity contribution in [2.75, 3.05) is 16.2 Å². The molecule has 0 bridgehead atoms. The summed E-state index contributed by atoms with van der Waals surface area (Å²) >= 11 is 1.11. The topological polar surface area (TPSA) is 88.5 Å². The molecule has 1 aromatic heterocycles. The van der Waals surface area contributed by atoms with E-state index < -0.39 is 22.5 Å². The summed E-state index contributed by atoms with van der Waals surface area (Å²) in [5.74, 6) is -0.486.